The molecule has 0 atom stereocenters. The van der Waals surface area contributed by atoms with E-state index in [1.165, 1.54) is 29.2 Å². The summed E-state index contributed by atoms with van der Waals surface area (Å²) in [5.74, 6) is 0.0281. The van der Waals surface area contributed by atoms with Gasteiger partial charge < -0.3 is 14.8 Å². The smallest absolute Gasteiger partial charge is 0.246 e. The summed E-state index contributed by atoms with van der Waals surface area (Å²) in [5, 5.41) is 3.51. The lowest BCUT2D eigenvalue weighted by molar-refractivity contribution is -0.113. The Balaban J connectivity index is 1.35. The number of hydrogen-bond acceptors (Lipinski definition) is 7. The predicted molar refractivity (Wildman–Crippen MR) is 148 cm³/mol. The lowest BCUT2D eigenvalue weighted by atomic mass is 10.2. The predicted octanol–water partition coefficient (Wildman–Crippen LogP) is 4.09. The fraction of sp³-hybridized carbons (Fsp3) is 0.259. The van der Waals surface area contributed by atoms with Gasteiger partial charge in [0.15, 0.2) is 5.16 Å². The number of amides is 1. The molecule has 1 saturated heterocycles. The highest BCUT2D eigenvalue weighted by Gasteiger charge is 2.29. The second-order valence-corrected chi connectivity index (χ2v) is 11.6. The lowest BCUT2D eigenvalue weighted by Gasteiger charge is -2.26. The first-order chi connectivity index (χ1) is 18.4. The minimum absolute atomic E-state index is 0.00789. The van der Waals surface area contributed by atoms with Crippen molar-refractivity contribution < 1.29 is 22.7 Å². The molecule has 0 bridgehead atoms. The number of anilines is 1. The van der Waals surface area contributed by atoms with Gasteiger partial charge in [0.1, 0.15) is 10.6 Å². The van der Waals surface area contributed by atoms with Crippen molar-refractivity contribution in [3.05, 3.63) is 72.3 Å². The number of carbonyl (C=O) groups excluding carboxylic acids is 1. The topological polar surface area (TPSA) is 103 Å². The van der Waals surface area contributed by atoms with Crippen molar-refractivity contribution >= 4 is 44.4 Å². The van der Waals surface area contributed by atoms with E-state index in [1.807, 2.05) is 60.0 Å². The van der Waals surface area contributed by atoms with Gasteiger partial charge in [0.05, 0.1) is 37.1 Å². The molecule has 1 N–H and O–H groups in total. The molecule has 1 aliphatic heterocycles. The Kier molecular flexibility index (Phi) is 7.70. The van der Waals surface area contributed by atoms with Crippen LogP contribution >= 0.6 is 11.8 Å². The molecule has 0 aliphatic carbocycles. The fourth-order valence-electron chi connectivity index (χ4n) is 4.25. The lowest BCUT2D eigenvalue weighted by Crippen LogP contribution is -2.40. The molecule has 5 rings (SSSR count). The number of benzene rings is 3. The summed E-state index contributed by atoms with van der Waals surface area (Å²) in [5.41, 5.74) is 4.27. The molecular weight excluding hydrogens is 524 g/mol. The molecule has 38 heavy (non-hydrogen) atoms. The molecule has 198 valence electrons. The summed E-state index contributed by atoms with van der Waals surface area (Å²) in [4.78, 5) is 17.7. The molecule has 9 nitrogen and oxygen atoms in total. The average Bonchev–Trinajstić information content (AvgIpc) is 3.31. The summed E-state index contributed by atoms with van der Waals surface area (Å²) in [7, 11) is -2.39. The first kappa shape index (κ1) is 26.2. The van der Waals surface area contributed by atoms with E-state index in [0.29, 0.717) is 24.1 Å². The molecule has 1 amide bonds. The third-order valence-corrected chi connectivity index (χ3v) is 9.05. The number of para-hydroxylation sites is 2. The van der Waals surface area contributed by atoms with Crippen LogP contribution < -0.4 is 10.1 Å². The molecule has 0 saturated carbocycles. The standard InChI is InChI=1S/C27H28N4O5S2/c1-19-7-10-21(11-8-19)31-23-6-4-3-5-22(23)29-27(31)37-18-26(32)28-20-9-12-24(35-2)25(17-20)38(33,34)30-13-15-36-16-14-30/h3-12,17H,13-16,18H2,1-2H3,(H,28,32). The van der Waals surface area contributed by atoms with E-state index < -0.39 is 10.0 Å². The largest absolute Gasteiger partial charge is 0.495 e. The van der Waals surface area contributed by atoms with Crippen LogP contribution in [0, 0.1) is 6.92 Å². The number of aromatic nitrogens is 2. The van der Waals surface area contributed by atoms with Gasteiger partial charge in [-0.2, -0.15) is 4.31 Å². The molecule has 0 radical (unpaired) electrons. The maximum atomic E-state index is 13.3. The van der Waals surface area contributed by atoms with Crippen molar-refractivity contribution in [2.24, 2.45) is 0 Å². The van der Waals surface area contributed by atoms with Crippen molar-refractivity contribution in [3.63, 3.8) is 0 Å². The summed E-state index contributed by atoms with van der Waals surface area (Å²) >= 11 is 1.31. The van der Waals surface area contributed by atoms with Crippen LogP contribution in [0.5, 0.6) is 5.75 Å². The normalized spacial score (nSPS) is 14.5. The maximum absolute atomic E-state index is 13.3. The van der Waals surface area contributed by atoms with Crippen LogP contribution in [0.3, 0.4) is 0 Å². The van der Waals surface area contributed by atoms with Crippen molar-refractivity contribution in [2.75, 3.05) is 44.5 Å². The van der Waals surface area contributed by atoms with Gasteiger partial charge in [-0.25, -0.2) is 13.4 Å². The third kappa shape index (κ3) is 5.41. The molecule has 1 fully saturated rings. The number of carbonyl (C=O) groups is 1. The number of sulfonamides is 1. The average molecular weight is 553 g/mol. The summed E-state index contributed by atoms with van der Waals surface area (Å²) in [6.45, 7) is 3.24. The van der Waals surface area contributed by atoms with Gasteiger partial charge in [0.2, 0.25) is 15.9 Å². The SMILES string of the molecule is COc1ccc(NC(=O)CSc2nc3ccccc3n2-c2ccc(C)cc2)cc1S(=O)(=O)N1CCOCC1. The number of imidazole rings is 1. The highest BCUT2D eigenvalue weighted by Crippen LogP contribution is 2.31. The molecule has 0 spiro atoms. The number of nitrogens with one attached hydrogen (secondary N) is 1. The van der Waals surface area contributed by atoms with Gasteiger partial charge in [-0.1, -0.05) is 41.6 Å². The Morgan fingerprint density at radius 2 is 1.82 bits per heavy atom. The Bertz CT molecular complexity index is 1560. The van der Waals surface area contributed by atoms with Crippen molar-refractivity contribution in [2.45, 2.75) is 17.0 Å². The second kappa shape index (κ2) is 11.2. The number of ether oxygens (including phenoxy) is 2. The van der Waals surface area contributed by atoms with Crippen LogP contribution in [0.4, 0.5) is 5.69 Å². The summed E-state index contributed by atoms with van der Waals surface area (Å²) in [6, 6.07) is 20.6. The maximum Gasteiger partial charge on any atom is 0.246 e. The number of rotatable bonds is 8. The Morgan fingerprint density at radius 3 is 2.55 bits per heavy atom. The van der Waals surface area contributed by atoms with E-state index in [2.05, 4.69) is 5.32 Å². The molecule has 1 aliphatic rings. The quantitative estimate of drug-likeness (QED) is 0.329. The van der Waals surface area contributed by atoms with Crippen LogP contribution in [-0.2, 0) is 19.6 Å². The molecular formula is C27H28N4O5S2. The molecule has 1 aromatic heterocycles. The van der Waals surface area contributed by atoms with E-state index in [0.717, 1.165) is 22.3 Å². The summed E-state index contributed by atoms with van der Waals surface area (Å²) < 4.78 is 40.5. The van der Waals surface area contributed by atoms with Crippen molar-refractivity contribution in [3.8, 4) is 11.4 Å². The van der Waals surface area contributed by atoms with E-state index in [1.54, 1.807) is 12.1 Å². The molecule has 4 aromatic rings. The van der Waals surface area contributed by atoms with Gasteiger partial charge in [-0.15, -0.1) is 0 Å². The number of nitrogens with zero attached hydrogens (tertiary/aromatic N) is 3. The minimum Gasteiger partial charge on any atom is -0.495 e. The molecule has 2 heterocycles. The van der Waals surface area contributed by atoms with E-state index in [4.69, 9.17) is 14.5 Å². The van der Waals surface area contributed by atoms with Crippen LogP contribution in [0.15, 0.2) is 76.8 Å². The number of thioether (sulfide) groups is 1. The number of methoxy groups -OCH3 is 1. The Hall–Kier alpha value is -3.38. The van der Waals surface area contributed by atoms with Crippen LogP contribution in [0.2, 0.25) is 0 Å². The Morgan fingerprint density at radius 1 is 1.08 bits per heavy atom. The Labute approximate surface area is 225 Å². The van der Waals surface area contributed by atoms with Crippen LogP contribution in [0.25, 0.3) is 16.7 Å². The van der Waals surface area contributed by atoms with Crippen LogP contribution in [0.1, 0.15) is 5.56 Å². The van der Waals surface area contributed by atoms with Crippen molar-refractivity contribution in [1.82, 2.24) is 13.9 Å². The monoisotopic (exact) mass is 552 g/mol. The zero-order valence-corrected chi connectivity index (χ0v) is 22.7. The minimum atomic E-state index is -3.81. The van der Waals surface area contributed by atoms with Gasteiger partial charge in [-0.3, -0.25) is 9.36 Å². The second-order valence-electron chi connectivity index (χ2n) is 8.77. The third-order valence-electron chi connectivity index (χ3n) is 6.19. The molecule has 3 aromatic carbocycles. The zero-order chi connectivity index (χ0) is 26.7. The first-order valence-corrected chi connectivity index (χ1v) is 14.5. The van der Waals surface area contributed by atoms with E-state index in [9.17, 15) is 13.2 Å². The zero-order valence-electron chi connectivity index (χ0n) is 21.1. The number of aryl methyl sites for hydroxylation is 1. The highest BCUT2D eigenvalue weighted by atomic mass is 32.2. The van der Waals surface area contributed by atoms with E-state index >= 15 is 0 Å². The fourth-order valence-corrected chi connectivity index (χ4v) is 6.67. The highest BCUT2D eigenvalue weighted by molar-refractivity contribution is 7.99. The number of morpholine rings is 1. The van der Waals surface area contributed by atoms with Gasteiger partial charge in [0, 0.05) is 24.5 Å². The van der Waals surface area contributed by atoms with Crippen LogP contribution in [-0.4, -0.2) is 67.3 Å². The molecule has 0 unspecified atom stereocenters. The first-order valence-electron chi connectivity index (χ1n) is 12.1. The summed E-state index contributed by atoms with van der Waals surface area (Å²) in [6.07, 6.45) is 0. The van der Waals surface area contributed by atoms with Gasteiger partial charge in [-0.05, 0) is 49.4 Å². The van der Waals surface area contributed by atoms with Crippen molar-refractivity contribution in [1.29, 1.82) is 0 Å². The van der Waals surface area contributed by atoms with Gasteiger partial charge >= 0.3 is 0 Å². The number of hydrogen-bond donors (Lipinski definition) is 1. The van der Waals surface area contributed by atoms with E-state index in [-0.39, 0.29) is 35.4 Å². The number of fused-ring (bicyclic) bond motifs is 1. The molecule has 11 heteroatoms. The van der Waals surface area contributed by atoms with Gasteiger partial charge in [0.25, 0.3) is 0 Å².